The Morgan fingerprint density at radius 2 is 1.97 bits per heavy atom. The van der Waals surface area contributed by atoms with Crippen molar-refractivity contribution >= 4 is 23.5 Å². The van der Waals surface area contributed by atoms with E-state index < -0.39 is 17.7 Å². The van der Waals surface area contributed by atoms with Gasteiger partial charge in [-0.15, -0.1) is 0 Å². The van der Waals surface area contributed by atoms with Gasteiger partial charge in [0.05, 0.1) is 18.7 Å². The van der Waals surface area contributed by atoms with E-state index in [1.54, 1.807) is 11.9 Å². The Morgan fingerprint density at radius 3 is 2.67 bits per heavy atom. The van der Waals surface area contributed by atoms with Gasteiger partial charge in [-0.3, -0.25) is 4.79 Å². The molecule has 0 fully saturated rings. The molecule has 6 nitrogen and oxygen atoms in total. The number of aromatic nitrogens is 2. The van der Waals surface area contributed by atoms with E-state index in [0.717, 1.165) is 30.2 Å². The molecule has 0 amide bonds. The summed E-state index contributed by atoms with van der Waals surface area (Å²) in [6, 6.07) is 11.8. The number of nitrogens with zero attached hydrogens (tertiary/aromatic N) is 3. The summed E-state index contributed by atoms with van der Waals surface area (Å²) in [7, 11) is 1.71. The third kappa shape index (κ3) is 6.07. The van der Waals surface area contributed by atoms with Crippen LogP contribution in [-0.4, -0.2) is 41.2 Å². The molecule has 0 saturated heterocycles. The molecule has 1 heterocycles. The Bertz CT molecular complexity index is 1240. The lowest BCUT2D eigenvalue weighted by molar-refractivity contribution is -0.138. The minimum Gasteiger partial charge on any atom is -0.494 e. The zero-order valence-electron chi connectivity index (χ0n) is 19.6. The van der Waals surface area contributed by atoms with Crippen molar-refractivity contribution in [3.05, 3.63) is 70.4 Å². The molecule has 1 aliphatic rings. The molecular formula is C26H25ClF3N3O3. The molecule has 0 saturated carbocycles. The third-order valence-corrected chi connectivity index (χ3v) is 6.44. The number of alkyl halides is 3. The van der Waals surface area contributed by atoms with Gasteiger partial charge in [-0.2, -0.15) is 13.2 Å². The largest absolute Gasteiger partial charge is 0.494 e. The van der Waals surface area contributed by atoms with Crippen LogP contribution in [0.3, 0.4) is 0 Å². The van der Waals surface area contributed by atoms with Crippen molar-refractivity contribution in [2.24, 2.45) is 0 Å². The first kappa shape index (κ1) is 25.8. The molecular weight excluding hydrogens is 495 g/mol. The third-order valence-electron chi connectivity index (χ3n) is 6.18. The number of carbonyl (C=O) groups is 1. The average Bonchev–Trinajstić information content (AvgIpc) is 3.22. The highest BCUT2D eigenvalue weighted by Gasteiger charge is 2.35. The first-order valence-electron chi connectivity index (χ1n) is 11.5. The Morgan fingerprint density at radius 1 is 1.22 bits per heavy atom. The zero-order chi connectivity index (χ0) is 25.9. The number of aryl methyl sites for hydroxylation is 1. The molecule has 1 atom stereocenters. The second-order valence-electron chi connectivity index (χ2n) is 8.75. The van der Waals surface area contributed by atoms with Crippen LogP contribution in [0.5, 0.6) is 5.75 Å². The molecule has 0 unspecified atom stereocenters. The molecule has 0 spiro atoms. The number of aliphatic carboxylic acids is 1. The normalized spacial score (nSPS) is 15.0. The Kier molecular flexibility index (Phi) is 7.68. The topological polar surface area (TPSA) is 75.5 Å². The zero-order valence-corrected chi connectivity index (χ0v) is 20.3. The molecule has 190 valence electrons. The Balaban J connectivity index is 1.38. The predicted octanol–water partition coefficient (Wildman–Crippen LogP) is 6.23. The van der Waals surface area contributed by atoms with Crippen LogP contribution in [0, 0.1) is 0 Å². The van der Waals surface area contributed by atoms with Gasteiger partial charge in [0.1, 0.15) is 11.3 Å². The van der Waals surface area contributed by atoms with Gasteiger partial charge in [0.2, 0.25) is 5.95 Å². The molecule has 3 aromatic rings. The number of hydrogen-bond acceptors (Lipinski definition) is 5. The first-order chi connectivity index (χ1) is 17.1. The van der Waals surface area contributed by atoms with Crippen molar-refractivity contribution in [2.45, 2.75) is 37.8 Å². The summed E-state index contributed by atoms with van der Waals surface area (Å²) in [5, 5.41) is 9.48. The van der Waals surface area contributed by atoms with Crippen LogP contribution in [0.25, 0.3) is 11.3 Å². The second-order valence-corrected chi connectivity index (χ2v) is 9.19. The standard InChI is InChI=1S/C26H25ClF3N3O3/c1-33(11-2-12-36-20-9-10-21-17(13-20)3-4-18(21)14-23(34)35)25-31-15-22(26(28,29)30)24(32-25)16-5-7-19(27)8-6-16/h5-10,13,15,18H,2-4,11-12,14H2,1H3,(H,34,35)/t18-/m0/s1. The number of fused-ring (bicyclic) bond motifs is 1. The van der Waals surface area contributed by atoms with Crippen LogP contribution < -0.4 is 9.64 Å². The minimum atomic E-state index is -4.59. The van der Waals surface area contributed by atoms with Crippen molar-refractivity contribution < 1.29 is 27.8 Å². The van der Waals surface area contributed by atoms with E-state index in [2.05, 4.69) is 9.97 Å². The molecule has 0 aliphatic heterocycles. The van der Waals surface area contributed by atoms with Crippen LogP contribution >= 0.6 is 11.6 Å². The summed E-state index contributed by atoms with van der Waals surface area (Å²) >= 11 is 5.88. The number of rotatable bonds is 9. The van der Waals surface area contributed by atoms with Crippen LogP contribution in [0.1, 0.15) is 41.9 Å². The van der Waals surface area contributed by atoms with Crippen molar-refractivity contribution in [1.82, 2.24) is 9.97 Å². The Labute approximate surface area is 211 Å². The highest BCUT2D eigenvalue weighted by molar-refractivity contribution is 6.30. The van der Waals surface area contributed by atoms with Crippen LogP contribution in [0.15, 0.2) is 48.7 Å². The van der Waals surface area contributed by atoms with Gasteiger partial charge in [-0.1, -0.05) is 29.8 Å². The van der Waals surface area contributed by atoms with Crippen molar-refractivity contribution in [2.75, 3.05) is 25.1 Å². The fourth-order valence-electron chi connectivity index (χ4n) is 4.38. The lowest BCUT2D eigenvalue weighted by Gasteiger charge is -2.20. The number of halogens is 4. The number of benzene rings is 2. The predicted molar refractivity (Wildman–Crippen MR) is 131 cm³/mol. The molecule has 10 heteroatoms. The van der Waals surface area contributed by atoms with Crippen molar-refractivity contribution in [3.63, 3.8) is 0 Å². The molecule has 4 rings (SSSR count). The summed E-state index contributed by atoms with van der Waals surface area (Å²) in [6.45, 7) is 0.864. The number of anilines is 1. The lowest BCUT2D eigenvalue weighted by Crippen LogP contribution is -2.23. The summed E-state index contributed by atoms with van der Waals surface area (Å²) < 4.78 is 46.5. The molecule has 1 aromatic heterocycles. The van der Waals surface area contributed by atoms with E-state index in [9.17, 15) is 18.0 Å². The van der Waals surface area contributed by atoms with E-state index in [4.69, 9.17) is 21.4 Å². The molecule has 1 N–H and O–H groups in total. The van der Waals surface area contributed by atoms with E-state index in [1.165, 1.54) is 24.3 Å². The molecule has 0 radical (unpaired) electrons. The highest BCUT2D eigenvalue weighted by atomic mass is 35.5. The lowest BCUT2D eigenvalue weighted by atomic mass is 9.98. The van der Waals surface area contributed by atoms with Crippen molar-refractivity contribution in [3.8, 4) is 17.0 Å². The fourth-order valence-corrected chi connectivity index (χ4v) is 4.50. The van der Waals surface area contributed by atoms with Gasteiger partial charge < -0.3 is 14.7 Å². The molecule has 1 aliphatic carbocycles. The van der Waals surface area contributed by atoms with Crippen molar-refractivity contribution in [1.29, 1.82) is 0 Å². The summed E-state index contributed by atoms with van der Waals surface area (Å²) in [6.07, 6.45) is -1.42. The minimum absolute atomic E-state index is 0.0432. The average molecular weight is 520 g/mol. The van der Waals surface area contributed by atoms with Gasteiger partial charge >= 0.3 is 12.1 Å². The number of carboxylic acid groups (broad SMARTS) is 1. The smallest absolute Gasteiger partial charge is 0.419 e. The van der Waals surface area contributed by atoms with E-state index >= 15 is 0 Å². The van der Waals surface area contributed by atoms with E-state index in [-0.39, 0.29) is 24.0 Å². The van der Waals surface area contributed by atoms with Gasteiger partial charge in [0, 0.05) is 30.4 Å². The van der Waals surface area contributed by atoms with Gasteiger partial charge in [0.25, 0.3) is 0 Å². The van der Waals surface area contributed by atoms with Gasteiger partial charge in [-0.25, -0.2) is 9.97 Å². The summed E-state index contributed by atoms with van der Waals surface area (Å²) in [4.78, 5) is 20.9. The maximum atomic E-state index is 13.6. The maximum Gasteiger partial charge on any atom is 0.419 e. The summed E-state index contributed by atoms with van der Waals surface area (Å²) in [5.74, 6) is 0.134. The van der Waals surface area contributed by atoms with E-state index in [0.29, 0.717) is 35.9 Å². The SMILES string of the molecule is CN(CCCOc1ccc2c(c1)CC[C@H]2CC(=O)O)c1ncc(C(F)(F)F)c(-c2ccc(Cl)cc2)n1. The number of carboxylic acids is 1. The monoisotopic (exact) mass is 519 g/mol. The van der Waals surface area contributed by atoms with Gasteiger partial charge in [0.15, 0.2) is 0 Å². The molecule has 36 heavy (non-hydrogen) atoms. The van der Waals surface area contributed by atoms with Crippen LogP contribution in [0.4, 0.5) is 19.1 Å². The van der Waals surface area contributed by atoms with Crippen LogP contribution in [0.2, 0.25) is 5.02 Å². The highest BCUT2D eigenvalue weighted by Crippen LogP contribution is 2.38. The Hall–Kier alpha value is -3.33. The first-order valence-corrected chi connectivity index (χ1v) is 11.9. The van der Waals surface area contributed by atoms with Gasteiger partial charge in [-0.05, 0) is 60.6 Å². The number of ether oxygens (including phenoxy) is 1. The molecule has 2 aromatic carbocycles. The summed E-state index contributed by atoms with van der Waals surface area (Å²) in [5.41, 5.74) is 1.37. The number of hydrogen-bond donors (Lipinski definition) is 1. The maximum absolute atomic E-state index is 13.6. The van der Waals surface area contributed by atoms with Crippen LogP contribution in [-0.2, 0) is 17.4 Å². The van der Waals surface area contributed by atoms with E-state index in [1.807, 2.05) is 18.2 Å². The molecule has 0 bridgehead atoms. The fraction of sp³-hybridized carbons (Fsp3) is 0.346. The second kappa shape index (κ2) is 10.7. The quantitative estimate of drug-likeness (QED) is 0.338.